The van der Waals surface area contributed by atoms with Gasteiger partial charge in [-0.05, 0) is 35.4 Å². The van der Waals surface area contributed by atoms with E-state index in [9.17, 15) is 31.5 Å². The van der Waals surface area contributed by atoms with Crippen LogP contribution in [-0.4, -0.2) is 31.3 Å². The fourth-order valence-electron chi connectivity index (χ4n) is 2.21. The first-order valence-electron chi connectivity index (χ1n) is 7.77. The van der Waals surface area contributed by atoms with Crippen LogP contribution in [0.5, 0.6) is 0 Å². The summed E-state index contributed by atoms with van der Waals surface area (Å²) in [5.41, 5.74) is 0.384. The lowest BCUT2D eigenvalue weighted by Crippen LogP contribution is -2.38. The standard InChI is InChI=1S/C18H15F5N2O2/c19-15(20)9-24-16(26)10-25-17(27)13-3-1-2-12(8-13)11-4-6-14(7-5-11)18(21,22)23/h1-8,15H,9-10H2,(H,24,26)(H,25,27). The second-order valence-electron chi connectivity index (χ2n) is 5.53. The highest BCUT2D eigenvalue weighted by atomic mass is 19.4. The Morgan fingerprint density at radius 2 is 1.59 bits per heavy atom. The minimum atomic E-state index is -4.44. The summed E-state index contributed by atoms with van der Waals surface area (Å²) in [6.45, 7) is -1.28. The van der Waals surface area contributed by atoms with Crippen LogP contribution < -0.4 is 10.6 Å². The molecule has 2 amide bonds. The normalized spacial score (nSPS) is 11.3. The van der Waals surface area contributed by atoms with Gasteiger partial charge in [0.15, 0.2) is 0 Å². The maximum atomic E-state index is 12.6. The lowest BCUT2D eigenvalue weighted by Gasteiger charge is -2.09. The van der Waals surface area contributed by atoms with Crippen molar-refractivity contribution >= 4 is 11.8 Å². The number of nitrogens with one attached hydrogen (secondary N) is 2. The van der Waals surface area contributed by atoms with E-state index in [1.807, 2.05) is 5.32 Å². The fraction of sp³-hybridized carbons (Fsp3) is 0.222. The van der Waals surface area contributed by atoms with Gasteiger partial charge in [-0.2, -0.15) is 13.2 Å². The van der Waals surface area contributed by atoms with Crippen LogP contribution in [0.4, 0.5) is 22.0 Å². The van der Waals surface area contributed by atoms with E-state index in [0.29, 0.717) is 11.1 Å². The van der Waals surface area contributed by atoms with Gasteiger partial charge in [0.2, 0.25) is 5.91 Å². The molecule has 0 fully saturated rings. The lowest BCUT2D eigenvalue weighted by atomic mass is 10.0. The van der Waals surface area contributed by atoms with E-state index in [1.165, 1.54) is 24.3 Å². The highest BCUT2D eigenvalue weighted by Gasteiger charge is 2.29. The van der Waals surface area contributed by atoms with Gasteiger partial charge in [0, 0.05) is 5.56 Å². The molecule has 0 bridgehead atoms. The summed E-state index contributed by atoms with van der Waals surface area (Å²) in [5.74, 6) is -1.38. The van der Waals surface area contributed by atoms with Crippen molar-refractivity contribution in [2.24, 2.45) is 0 Å². The number of benzene rings is 2. The third kappa shape index (κ3) is 6.05. The minimum Gasteiger partial charge on any atom is -0.349 e. The molecule has 9 heteroatoms. The van der Waals surface area contributed by atoms with Gasteiger partial charge in [0.25, 0.3) is 12.3 Å². The maximum absolute atomic E-state index is 12.6. The van der Waals surface area contributed by atoms with E-state index < -0.39 is 43.1 Å². The molecule has 0 aliphatic heterocycles. The second-order valence-corrected chi connectivity index (χ2v) is 5.53. The lowest BCUT2D eigenvalue weighted by molar-refractivity contribution is -0.137. The zero-order valence-corrected chi connectivity index (χ0v) is 13.8. The highest BCUT2D eigenvalue weighted by Crippen LogP contribution is 2.31. The molecule has 4 nitrogen and oxygen atoms in total. The van der Waals surface area contributed by atoms with E-state index in [2.05, 4.69) is 5.32 Å². The molecule has 0 saturated carbocycles. The van der Waals surface area contributed by atoms with Crippen LogP contribution in [0.3, 0.4) is 0 Å². The van der Waals surface area contributed by atoms with E-state index in [4.69, 9.17) is 0 Å². The van der Waals surface area contributed by atoms with Crippen molar-refractivity contribution in [3.63, 3.8) is 0 Å². The summed E-state index contributed by atoms with van der Waals surface area (Å²) in [4.78, 5) is 23.4. The summed E-state index contributed by atoms with van der Waals surface area (Å²) >= 11 is 0. The molecule has 2 rings (SSSR count). The van der Waals surface area contributed by atoms with Crippen molar-refractivity contribution in [2.45, 2.75) is 12.6 Å². The molecule has 2 N–H and O–H groups in total. The van der Waals surface area contributed by atoms with Crippen molar-refractivity contribution in [1.82, 2.24) is 10.6 Å². The Hall–Kier alpha value is -2.97. The first-order valence-corrected chi connectivity index (χ1v) is 7.77. The number of amides is 2. The monoisotopic (exact) mass is 386 g/mol. The minimum absolute atomic E-state index is 0.175. The van der Waals surface area contributed by atoms with E-state index in [-0.39, 0.29) is 5.56 Å². The highest BCUT2D eigenvalue weighted by molar-refractivity contribution is 5.97. The van der Waals surface area contributed by atoms with E-state index >= 15 is 0 Å². The number of carbonyl (C=O) groups is 2. The van der Waals surface area contributed by atoms with Crippen LogP contribution in [0.25, 0.3) is 11.1 Å². The number of carbonyl (C=O) groups excluding carboxylic acids is 2. The van der Waals surface area contributed by atoms with Crippen molar-refractivity contribution in [3.05, 3.63) is 59.7 Å². The molecule has 0 aliphatic carbocycles. The molecular formula is C18H15F5N2O2. The van der Waals surface area contributed by atoms with Gasteiger partial charge in [-0.25, -0.2) is 8.78 Å². The maximum Gasteiger partial charge on any atom is 0.416 e. The molecule has 144 valence electrons. The number of hydrogen-bond acceptors (Lipinski definition) is 2. The Morgan fingerprint density at radius 3 is 2.19 bits per heavy atom. The van der Waals surface area contributed by atoms with Crippen LogP contribution >= 0.6 is 0 Å². The Bertz CT molecular complexity index is 804. The van der Waals surface area contributed by atoms with Gasteiger partial charge in [0.05, 0.1) is 18.7 Å². The topological polar surface area (TPSA) is 58.2 Å². The summed E-state index contributed by atoms with van der Waals surface area (Å²) in [7, 11) is 0. The predicted molar refractivity (Wildman–Crippen MR) is 88.2 cm³/mol. The Kier molecular flexibility index (Phi) is 6.49. The Morgan fingerprint density at radius 1 is 0.926 bits per heavy atom. The van der Waals surface area contributed by atoms with Gasteiger partial charge in [-0.3, -0.25) is 9.59 Å². The fourth-order valence-corrected chi connectivity index (χ4v) is 2.21. The van der Waals surface area contributed by atoms with Crippen LogP contribution in [-0.2, 0) is 11.0 Å². The van der Waals surface area contributed by atoms with Gasteiger partial charge in [-0.15, -0.1) is 0 Å². The van der Waals surface area contributed by atoms with Gasteiger partial charge in [0.1, 0.15) is 0 Å². The smallest absolute Gasteiger partial charge is 0.349 e. The van der Waals surface area contributed by atoms with E-state index in [1.54, 1.807) is 12.1 Å². The average molecular weight is 386 g/mol. The molecule has 27 heavy (non-hydrogen) atoms. The molecule has 0 aromatic heterocycles. The first-order chi connectivity index (χ1) is 12.7. The third-order valence-corrected chi connectivity index (χ3v) is 3.53. The molecule has 0 heterocycles. The average Bonchev–Trinajstić information content (AvgIpc) is 2.64. The van der Waals surface area contributed by atoms with Crippen LogP contribution in [0.2, 0.25) is 0 Å². The van der Waals surface area contributed by atoms with E-state index in [0.717, 1.165) is 12.1 Å². The molecule has 0 radical (unpaired) electrons. The molecule has 2 aromatic carbocycles. The molecule has 0 aliphatic rings. The zero-order chi connectivity index (χ0) is 20.0. The first kappa shape index (κ1) is 20.3. The predicted octanol–water partition coefficient (Wildman–Crippen LogP) is 3.48. The summed E-state index contributed by atoms with van der Waals surface area (Å²) in [6.07, 6.45) is -7.13. The molecule has 0 atom stereocenters. The SMILES string of the molecule is O=C(CNC(=O)c1cccc(-c2ccc(C(F)(F)F)cc2)c1)NCC(F)F. The third-order valence-electron chi connectivity index (χ3n) is 3.53. The Labute approximate surface area is 151 Å². The largest absolute Gasteiger partial charge is 0.416 e. The molecule has 0 saturated heterocycles. The number of hydrogen-bond donors (Lipinski definition) is 2. The summed E-state index contributed by atoms with van der Waals surface area (Å²) in [6, 6.07) is 10.5. The number of alkyl halides is 5. The zero-order valence-electron chi connectivity index (χ0n) is 13.8. The molecule has 2 aromatic rings. The van der Waals surface area contributed by atoms with Crippen LogP contribution in [0.1, 0.15) is 15.9 Å². The molecular weight excluding hydrogens is 371 g/mol. The number of rotatable bonds is 6. The van der Waals surface area contributed by atoms with Gasteiger partial charge >= 0.3 is 6.18 Å². The second kappa shape index (κ2) is 8.61. The van der Waals surface area contributed by atoms with Crippen molar-refractivity contribution < 1.29 is 31.5 Å². The van der Waals surface area contributed by atoms with Crippen molar-refractivity contribution in [1.29, 1.82) is 0 Å². The summed E-state index contributed by atoms with van der Waals surface area (Å²) in [5, 5.41) is 4.23. The molecule has 0 spiro atoms. The van der Waals surface area contributed by atoms with Gasteiger partial charge in [-0.1, -0.05) is 24.3 Å². The quantitative estimate of drug-likeness (QED) is 0.747. The van der Waals surface area contributed by atoms with Crippen LogP contribution in [0.15, 0.2) is 48.5 Å². The van der Waals surface area contributed by atoms with Crippen LogP contribution in [0, 0.1) is 0 Å². The number of halogens is 5. The van der Waals surface area contributed by atoms with Crippen molar-refractivity contribution in [2.75, 3.05) is 13.1 Å². The van der Waals surface area contributed by atoms with Crippen molar-refractivity contribution in [3.8, 4) is 11.1 Å². The summed E-state index contributed by atoms with van der Waals surface area (Å²) < 4.78 is 61.8. The Balaban J connectivity index is 2.04. The van der Waals surface area contributed by atoms with Gasteiger partial charge < -0.3 is 10.6 Å². The molecule has 0 unspecified atom stereocenters.